The van der Waals surface area contributed by atoms with E-state index in [0.717, 1.165) is 16.8 Å². The van der Waals surface area contributed by atoms with Crippen molar-refractivity contribution < 1.29 is 19.4 Å². The van der Waals surface area contributed by atoms with Gasteiger partial charge in [0.05, 0.1) is 18.9 Å². The summed E-state index contributed by atoms with van der Waals surface area (Å²) in [4.78, 5) is 28.4. The molecular formula is C30H41N5O4. The third-order valence-electron chi connectivity index (χ3n) is 5.77. The molecule has 0 spiro atoms. The molecule has 9 heteroatoms. The number of rotatable bonds is 9. The van der Waals surface area contributed by atoms with Crippen LogP contribution in [0.3, 0.4) is 0 Å². The molecule has 3 aromatic rings. The maximum atomic E-state index is 12.5. The molecule has 3 rings (SSSR count). The second-order valence-corrected chi connectivity index (χ2v) is 10.3. The normalized spacial score (nSPS) is 12.5. The summed E-state index contributed by atoms with van der Waals surface area (Å²) < 4.78 is 4.59. The zero-order chi connectivity index (χ0) is 28.8. The van der Waals surface area contributed by atoms with Crippen LogP contribution < -0.4 is 16.5 Å². The molecule has 0 aliphatic rings. The number of hydrogen-bond acceptors (Lipinski definition) is 7. The van der Waals surface area contributed by atoms with Gasteiger partial charge in [0.1, 0.15) is 6.04 Å². The van der Waals surface area contributed by atoms with Gasteiger partial charge in [-0.3, -0.25) is 15.6 Å². The van der Waals surface area contributed by atoms with Gasteiger partial charge >= 0.3 is 6.09 Å². The van der Waals surface area contributed by atoms with Crippen molar-refractivity contribution in [1.29, 1.82) is 0 Å². The number of methoxy groups -OCH3 is 1. The Balaban J connectivity index is 0.000000658. The van der Waals surface area contributed by atoms with Crippen molar-refractivity contribution in [2.45, 2.75) is 46.4 Å². The van der Waals surface area contributed by atoms with Gasteiger partial charge in [-0.2, -0.15) is 0 Å². The second kappa shape index (κ2) is 15.6. The van der Waals surface area contributed by atoms with Crippen molar-refractivity contribution >= 4 is 12.0 Å². The lowest BCUT2D eigenvalue weighted by Gasteiger charge is -2.30. The third kappa shape index (κ3) is 11.6. The van der Waals surface area contributed by atoms with Crippen molar-refractivity contribution in [1.82, 2.24) is 20.6 Å². The standard InChI is InChI=1S/C23H33N5O4.C7H8/c1-23(2,3)20(27-22(31)32-4)21(30)26-13-18(29)15-28(24)14-16-8-10-17(11-9-16)19-7-5-6-12-25-19;1-7-5-3-2-4-6-7/h5-12,18,20,29H,13-15,24H2,1-4H3,(H,26,30)(H,27,31);2-6H,1H3. The minimum atomic E-state index is -0.879. The van der Waals surface area contributed by atoms with Crippen molar-refractivity contribution in [2.75, 3.05) is 20.2 Å². The fourth-order valence-electron chi connectivity index (χ4n) is 3.66. The Hall–Kier alpha value is -3.79. The van der Waals surface area contributed by atoms with Gasteiger partial charge in [0, 0.05) is 31.4 Å². The van der Waals surface area contributed by atoms with E-state index in [0.29, 0.717) is 6.54 Å². The van der Waals surface area contributed by atoms with Crippen molar-refractivity contribution in [3.05, 3.63) is 90.1 Å². The number of pyridine rings is 1. The van der Waals surface area contributed by atoms with Crippen molar-refractivity contribution in [2.24, 2.45) is 11.3 Å². The number of carbonyl (C=O) groups excluding carboxylic acids is 2. The Morgan fingerprint density at radius 1 is 1.03 bits per heavy atom. The maximum absolute atomic E-state index is 12.5. The molecule has 0 saturated heterocycles. The molecule has 0 radical (unpaired) electrons. The quantitative estimate of drug-likeness (QED) is 0.243. The summed E-state index contributed by atoms with van der Waals surface area (Å²) in [5.41, 5.74) is 3.67. The number of nitrogens with two attached hydrogens (primary N) is 1. The number of hydrazine groups is 1. The van der Waals surface area contributed by atoms with E-state index in [1.54, 1.807) is 6.20 Å². The van der Waals surface area contributed by atoms with Gasteiger partial charge in [-0.05, 0) is 30.0 Å². The summed E-state index contributed by atoms with van der Waals surface area (Å²) in [6.45, 7) is 8.15. The molecular weight excluding hydrogens is 494 g/mol. The lowest BCUT2D eigenvalue weighted by atomic mass is 9.86. The number of aromatic nitrogens is 1. The number of nitrogens with one attached hydrogen (secondary N) is 2. The van der Waals surface area contributed by atoms with Crippen LogP contribution in [0.1, 0.15) is 31.9 Å². The minimum Gasteiger partial charge on any atom is -0.453 e. The van der Waals surface area contributed by atoms with Crippen LogP contribution >= 0.6 is 0 Å². The first-order valence-corrected chi connectivity index (χ1v) is 12.8. The predicted molar refractivity (Wildman–Crippen MR) is 153 cm³/mol. The summed E-state index contributed by atoms with van der Waals surface area (Å²) in [5, 5.41) is 17.0. The Bertz CT molecular complexity index is 1140. The highest BCUT2D eigenvalue weighted by atomic mass is 16.5. The Labute approximate surface area is 231 Å². The van der Waals surface area contributed by atoms with Gasteiger partial charge < -0.3 is 20.5 Å². The van der Waals surface area contributed by atoms with Crippen LogP contribution in [0.2, 0.25) is 0 Å². The SMILES string of the molecule is COC(=O)NC(C(=O)NCC(O)CN(N)Cc1ccc(-c2ccccn2)cc1)C(C)(C)C.Cc1ccccc1. The number of hydrogen-bond donors (Lipinski definition) is 4. The predicted octanol–water partition coefficient (Wildman–Crippen LogP) is 3.67. The van der Waals surface area contributed by atoms with Crippen LogP contribution in [0.4, 0.5) is 4.79 Å². The number of aryl methyl sites for hydroxylation is 1. The molecule has 2 unspecified atom stereocenters. The lowest BCUT2D eigenvalue weighted by molar-refractivity contribution is -0.126. The van der Waals surface area contributed by atoms with E-state index in [1.165, 1.54) is 17.7 Å². The number of carbonyl (C=O) groups is 2. The van der Waals surface area contributed by atoms with Crippen molar-refractivity contribution in [3.63, 3.8) is 0 Å². The number of alkyl carbamates (subject to hydrolysis) is 1. The number of aliphatic hydroxyl groups is 1. The van der Waals surface area contributed by atoms with Crippen LogP contribution in [0, 0.1) is 12.3 Å². The Morgan fingerprint density at radius 2 is 1.67 bits per heavy atom. The summed E-state index contributed by atoms with van der Waals surface area (Å²) >= 11 is 0. The molecule has 1 heterocycles. The van der Waals surface area contributed by atoms with E-state index < -0.39 is 29.6 Å². The first-order chi connectivity index (χ1) is 18.5. The van der Waals surface area contributed by atoms with E-state index >= 15 is 0 Å². The van der Waals surface area contributed by atoms with Crippen LogP contribution in [0.25, 0.3) is 11.3 Å². The van der Waals surface area contributed by atoms with E-state index in [9.17, 15) is 14.7 Å². The topological polar surface area (TPSA) is 130 Å². The highest BCUT2D eigenvalue weighted by Gasteiger charge is 2.33. The highest BCUT2D eigenvalue weighted by Crippen LogP contribution is 2.20. The molecule has 39 heavy (non-hydrogen) atoms. The molecule has 5 N–H and O–H groups in total. The van der Waals surface area contributed by atoms with Crippen LogP contribution in [0.5, 0.6) is 0 Å². The minimum absolute atomic E-state index is 0.000576. The fourth-order valence-corrected chi connectivity index (χ4v) is 3.66. The number of ether oxygens (including phenoxy) is 1. The summed E-state index contributed by atoms with van der Waals surface area (Å²) in [6.07, 6.45) is 0.179. The largest absolute Gasteiger partial charge is 0.453 e. The van der Waals surface area contributed by atoms with Gasteiger partial charge in [-0.25, -0.2) is 9.80 Å². The number of nitrogens with zero attached hydrogens (tertiary/aromatic N) is 2. The van der Waals surface area contributed by atoms with E-state index in [2.05, 4.69) is 39.4 Å². The molecule has 2 atom stereocenters. The molecule has 0 aliphatic carbocycles. The zero-order valence-electron chi connectivity index (χ0n) is 23.4. The Morgan fingerprint density at radius 3 is 2.18 bits per heavy atom. The molecule has 2 amide bonds. The summed E-state index contributed by atoms with van der Waals surface area (Å²) in [7, 11) is 1.23. The van der Waals surface area contributed by atoms with E-state index in [-0.39, 0.29) is 13.1 Å². The van der Waals surface area contributed by atoms with Crippen LogP contribution in [-0.4, -0.2) is 59.4 Å². The smallest absolute Gasteiger partial charge is 0.407 e. The van der Waals surface area contributed by atoms with Crippen molar-refractivity contribution in [3.8, 4) is 11.3 Å². The zero-order valence-corrected chi connectivity index (χ0v) is 23.4. The molecule has 0 bridgehead atoms. The van der Waals surface area contributed by atoms with Gasteiger partial charge in [0.25, 0.3) is 0 Å². The maximum Gasteiger partial charge on any atom is 0.407 e. The molecule has 210 valence electrons. The molecule has 0 fully saturated rings. The second-order valence-electron chi connectivity index (χ2n) is 10.3. The summed E-state index contributed by atoms with van der Waals surface area (Å²) in [5.74, 6) is 5.64. The number of aliphatic hydroxyl groups excluding tert-OH is 1. The lowest BCUT2D eigenvalue weighted by Crippen LogP contribution is -2.55. The van der Waals surface area contributed by atoms with E-state index in [4.69, 9.17) is 5.84 Å². The van der Waals surface area contributed by atoms with Crippen LogP contribution in [-0.2, 0) is 16.1 Å². The molecule has 0 saturated carbocycles. The first kappa shape index (κ1) is 31.4. The van der Waals surface area contributed by atoms with Gasteiger partial charge in [-0.1, -0.05) is 87.0 Å². The van der Waals surface area contributed by atoms with E-state index in [1.807, 2.05) is 81.4 Å². The van der Waals surface area contributed by atoms with Gasteiger partial charge in [0.15, 0.2) is 0 Å². The monoisotopic (exact) mass is 535 g/mol. The number of amides is 2. The molecule has 1 aromatic heterocycles. The van der Waals surface area contributed by atoms with Gasteiger partial charge in [0.2, 0.25) is 5.91 Å². The average molecular weight is 536 g/mol. The van der Waals surface area contributed by atoms with Crippen LogP contribution in [0.15, 0.2) is 79.0 Å². The highest BCUT2D eigenvalue weighted by molar-refractivity contribution is 5.86. The Kier molecular flexibility index (Phi) is 12.6. The van der Waals surface area contributed by atoms with Gasteiger partial charge in [-0.15, -0.1) is 0 Å². The first-order valence-electron chi connectivity index (χ1n) is 12.8. The molecule has 2 aromatic carbocycles. The third-order valence-corrected chi connectivity index (χ3v) is 5.77. The average Bonchev–Trinajstić information content (AvgIpc) is 2.91. The fraction of sp³-hybridized carbons (Fsp3) is 0.367. The number of benzene rings is 2. The molecule has 0 aliphatic heterocycles. The molecule has 9 nitrogen and oxygen atoms in total. The summed E-state index contributed by atoms with van der Waals surface area (Å²) in [6, 6.07) is 23.1.